The molecule has 1 aliphatic rings. The second-order valence-electron chi connectivity index (χ2n) is 4.22. The highest BCUT2D eigenvalue weighted by Crippen LogP contribution is 2.13. The van der Waals surface area contributed by atoms with Crippen LogP contribution in [0, 0.1) is 0 Å². The summed E-state index contributed by atoms with van der Waals surface area (Å²) < 4.78 is 8.75. The number of aromatic nitrogens is 2. The Morgan fingerprint density at radius 2 is 2.19 bits per heavy atom. The van der Waals surface area contributed by atoms with E-state index in [-0.39, 0.29) is 6.03 Å². The molecule has 1 aromatic heterocycles. The summed E-state index contributed by atoms with van der Waals surface area (Å²) in [6.07, 6.45) is 7.26. The summed E-state index contributed by atoms with van der Waals surface area (Å²) in [5, 5.41) is 0. The molecule has 0 bridgehead atoms. The van der Waals surface area contributed by atoms with Crippen molar-refractivity contribution in [2.24, 2.45) is 7.05 Å². The third-order valence-corrected chi connectivity index (χ3v) is 3.03. The molecule has 0 N–H and O–H groups in total. The zero-order valence-corrected chi connectivity index (χ0v) is 9.80. The SMILES string of the molecule is CN(C(=O)n1cc[n+](C)c1)C1CCOCC1. The molecular formula is C11H18N3O2+. The van der Waals surface area contributed by atoms with Gasteiger partial charge in [0.2, 0.25) is 0 Å². The Morgan fingerprint density at radius 3 is 2.75 bits per heavy atom. The molecular weight excluding hydrogens is 206 g/mol. The van der Waals surface area contributed by atoms with Crippen LogP contribution in [0.3, 0.4) is 0 Å². The average Bonchev–Trinajstić information content (AvgIpc) is 2.75. The highest BCUT2D eigenvalue weighted by atomic mass is 16.5. The van der Waals surface area contributed by atoms with Gasteiger partial charge in [-0.2, -0.15) is 4.57 Å². The van der Waals surface area contributed by atoms with E-state index in [1.54, 1.807) is 17.1 Å². The van der Waals surface area contributed by atoms with E-state index in [1.807, 2.05) is 29.8 Å². The lowest BCUT2D eigenvalue weighted by Gasteiger charge is -2.29. The van der Waals surface area contributed by atoms with Gasteiger partial charge in [0.15, 0.2) is 0 Å². The normalized spacial score (nSPS) is 17.4. The lowest BCUT2D eigenvalue weighted by atomic mass is 10.1. The Kier molecular flexibility index (Phi) is 3.24. The van der Waals surface area contributed by atoms with Crippen LogP contribution in [0.1, 0.15) is 12.8 Å². The first-order valence-electron chi connectivity index (χ1n) is 5.56. The van der Waals surface area contributed by atoms with Crippen molar-refractivity contribution in [1.82, 2.24) is 9.47 Å². The summed E-state index contributed by atoms with van der Waals surface area (Å²) in [6, 6.07) is 0.321. The maximum absolute atomic E-state index is 12.1. The number of imidazole rings is 1. The molecule has 0 aromatic carbocycles. The summed E-state index contributed by atoms with van der Waals surface area (Å²) in [4.78, 5) is 13.9. The standard InChI is InChI=1S/C11H18N3O2/c1-12-5-6-14(9-12)11(15)13(2)10-3-7-16-8-4-10/h5-6,9-10H,3-4,7-8H2,1-2H3/q+1. The molecule has 0 saturated carbocycles. The van der Waals surface area contributed by atoms with Gasteiger partial charge in [0.25, 0.3) is 6.33 Å². The van der Waals surface area contributed by atoms with Gasteiger partial charge in [-0.05, 0) is 12.8 Å². The van der Waals surface area contributed by atoms with Gasteiger partial charge < -0.3 is 9.64 Å². The van der Waals surface area contributed by atoms with E-state index in [2.05, 4.69) is 0 Å². The molecule has 5 nitrogen and oxygen atoms in total. The van der Waals surface area contributed by atoms with Crippen molar-refractivity contribution < 1.29 is 14.1 Å². The second-order valence-corrected chi connectivity index (χ2v) is 4.22. The summed E-state index contributed by atoms with van der Waals surface area (Å²) in [5.41, 5.74) is 0. The van der Waals surface area contributed by atoms with Crippen molar-refractivity contribution in [1.29, 1.82) is 0 Å². The predicted octanol–water partition coefficient (Wildman–Crippen LogP) is 0.391. The Labute approximate surface area is 95.2 Å². The second kappa shape index (κ2) is 4.65. The number of carbonyl (C=O) groups is 1. The zero-order chi connectivity index (χ0) is 11.5. The molecule has 0 radical (unpaired) electrons. The third kappa shape index (κ3) is 2.24. The Bertz CT molecular complexity index is 369. The lowest BCUT2D eigenvalue weighted by Crippen LogP contribution is -2.42. The highest BCUT2D eigenvalue weighted by molar-refractivity contribution is 5.76. The maximum Gasteiger partial charge on any atom is 0.415 e. The first-order chi connectivity index (χ1) is 7.68. The van der Waals surface area contributed by atoms with Crippen LogP contribution in [0.15, 0.2) is 18.7 Å². The molecule has 0 aliphatic carbocycles. The summed E-state index contributed by atoms with van der Waals surface area (Å²) in [5.74, 6) is 0. The Morgan fingerprint density at radius 1 is 1.50 bits per heavy atom. The minimum absolute atomic E-state index is 0.0208. The molecule has 88 valence electrons. The molecule has 1 saturated heterocycles. The van der Waals surface area contributed by atoms with Crippen LogP contribution < -0.4 is 4.57 Å². The van der Waals surface area contributed by atoms with Crippen LogP contribution in [0.25, 0.3) is 0 Å². The fraction of sp³-hybridized carbons (Fsp3) is 0.636. The Balaban J connectivity index is 2.03. The molecule has 1 amide bonds. The number of nitrogens with zero attached hydrogens (tertiary/aromatic N) is 3. The van der Waals surface area contributed by atoms with Gasteiger partial charge in [-0.1, -0.05) is 0 Å². The predicted molar refractivity (Wildman–Crippen MR) is 58.0 cm³/mol. The molecule has 5 heteroatoms. The number of hydrogen-bond donors (Lipinski definition) is 0. The fourth-order valence-corrected chi connectivity index (χ4v) is 1.97. The molecule has 1 aliphatic heterocycles. The van der Waals surface area contributed by atoms with Crippen molar-refractivity contribution in [3.05, 3.63) is 18.7 Å². The van der Waals surface area contributed by atoms with Crippen LogP contribution in [0.5, 0.6) is 0 Å². The van der Waals surface area contributed by atoms with Crippen LogP contribution in [0.4, 0.5) is 4.79 Å². The molecule has 1 aromatic rings. The van der Waals surface area contributed by atoms with Gasteiger partial charge in [0, 0.05) is 26.3 Å². The molecule has 0 spiro atoms. The van der Waals surface area contributed by atoms with Gasteiger partial charge in [-0.25, -0.2) is 9.36 Å². The van der Waals surface area contributed by atoms with E-state index >= 15 is 0 Å². The monoisotopic (exact) mass is 224 g/mol. The van der Waals surface area contributed by atoms with E-state index in [0.717, 1.165) is 26.1 Å². The minimum atomic E-state index is 0.0208. The Hall–Kier alpha value is -1.36. The van der Waals surface area contributed by atoms with Gasteiger partial charge in [0.1, 0.15) is 12.4 Å². The summed E-state index contributed by atoms with van der Waals surface area (Å²) in [7, 11) is 3.76. The van der Waals surface area contributed by atoms with E-state index in [0.29, 0.717) is 6.04 Å². The largest absolute Gasteiger partial charge is 0.415 e. The smallest absolute Gasteiger partial charge is 0.381 e. The summed E-state index contributed by atoms with van der Waals surface area (Å²) >= 11 is 0. The van der Waals surface area contributed by atoms with Gasteiger partial charge in [-0.3, -0.25) is 0 Å². The highest BCUT2D eigenvalue weighted by Gasteiger charge is 2.26. The van der Waals surface area contributed by atoms with E-state index < -0.39 is 0 Å². The lowest BCUT2D eigenvalue weighted by molar-refractivity contribution is -0.670. The topological polar surface area (TPSA) is 38.4 Å². The van der Waals surface area contributed by atoms with Crippen molar-refractivity contribution in [3.63, 3.8) is 0 Å². The molecule has 1 fully saturated rings. The van der Waals surface area contributed by atoms with E-state index in [1.165, 1.54) is 0 Å². The van der Waals surface area contributed by atoms with Crippen molar-refractivity contribution in [3.8, 4) is 0 Å². The van der Waals surface area contributed by atoms with Gasteiger partial charge >= 0.3 is 6.03 Å². The first-order valence-corrected chi connectivity index (χ1v) is 5.56. The van der Waals surface area contributed by atoms with E-state index in [9.17, 15) is 4.79 Å². The summed E-state index contributed by atoms with van der Waals surface area (Å²) in [6.45, 7) is 1.50. The van der Waals surface area contributed by atoms with Crippen molar-refractivity contribution >= 4 is 6.03 Å². The van der Waals surface area contributed by atoms with Crippen molar-refractivity contribution in [2.75, 3.05) is 20.3 Å². The number of ether oxygens (including phenoxy) is 1. The minimum Gasteiger partial charge on any atom is -0.381 e. The van der Waals surface area contributed by atoms with Crippen LogP contribution in [-0.2, 0) is 11.8 Å². The number of carbonyl (C=O) groups excluding carboxylic acids is 1. The molecule has 0 unspecified atom stereocenters. The number of aryl methyl sites for hydroxylation is 1. The molecule has 2 rings (SSSR count). The third-order valence-electron chi connectivity index (χ3n) is 3.03. The average molecular weight is 224 g/mol. The molecule has 16 heavy (non-hydrogen) atoms. The fourth-order valence-electron chi connectivity index (χ4n) is 1.97. The maximum atomic E-state index is 12.1. The zero-order valence-electron chi connectivity index (χ0n) is 9.80. The molecule has 0 atom stereocenters. The number of hydrogen-bond acceptors (Lipinski definition) is 2. The van der Waals surface area contributed by atoms with Gasteiger partial charge in [-0.15, -0.1) is 0 Å². The number of rotatable bonds is 1. The molecule has 2 heterocycles. The van der Waals surface area contributed by atoms with Gasteiger partial charge in [0.05, 0.1) is 7.05 Å². The van der Waals surface area contributed by atoms with E-state index in [4.69, 9.17) is 4.74 Å². The number of amides is 1. The van der Waals surface area contributed by atoms with Crippen LogP contribution in [0.2, 0.25) is 0 Å². The van der Waals surface area contributed by atoms with Crippen LogP contribution in [-0.4, -0.2) is 41.8 Å². The quantitative estimate of drug-likeness (QED) is 0.647. The van der Waals surface area contributed by atoms with Crippen molar-refractivity contribution in [2.45, 2.75) is 18.9 Å². The van der Waals surface area contributed by atoms with Crippen LogP contribution >= 0.6 is 0 Å². The first kappa shape index (κ1) is 11.1.